The zero-order chi connectivity index (χ0) is 17.8. The van der Waals surface area contributed by atoms with Gasteiger partial charge in [0.05, 0.1) is 5.69 Å². The first-order valence-corrected chi connectivity index (χ1v) is 9.02. The van der Waals surface area contributed by atoms with Gasteiger partial charge >= 0.3 is 0 Å². The number of hydrogen-bond acceptors (Lipinski definition) is 6. The third kappa shape index (κ3) is 3.70. The van der Waals surface area contributed by atoms with Gasteiger partial charge in [0.2, 0.25) is 0 Å². The molecule has 3 aromatic heterocycles. The fourth-order valence-corrected chi connectivity index (χ4v) is 3.32. The van der Waals surface area contributed by atoms with Crippen LogP contribution < -0.4 is 11.1 Å². The van der Waals surface area contributed by atoms with Gasteiger partial charge in [0.1, 0.15) is 11.5 Å². The van der Waals surface area contributed by atoms with Crippen molar-refractivity contribution >= 4 is 5.82 Å². The molecule has 0 radical (unpaired) electrons. The van der Waals surface area contributed by atoms with Crippen molar-refractivity contribution < 1.29 is 0 Å². The highest BCUT2D eigenvalue weighted by molar-refractivity contribution is 5.65. The van der Waals surface area contributed by atoms with Crippen LogP contribution in [0.25, 0.3) is 22.8 Å². The molecule has 4 rings (SSSR count). The van der Waals surface area contributed by atoms with E-state index < -0.39 is 0 Å². The van der Waals surface area contributed by atoms with E-state index in [1.165, 1.54) is 12.8 Å². The number of hydrogen-bond donors (Lipinski definition) is 2. The summed E-state index contributed by atoms with van der Waals surface area (Å²) in [5.41, 5.74) is 8.81. The summed E-state index contributed by atoms with van der Waals surface area (Å²) in [5, 5.41) is 3.53. The van der Waals surface area contributed by atoms with Crippen LogP contribution in [-0.4, -0.2) is 32.0 Å². The summed E-state index contributed by atoms with van der Waals surface area (Å²) < 4.78 is 0. The first kappa shape index (κ1) is 16.6. The zero-order valence-corrected chi connectivity index (χ0v) is 14.5. The molecule has 132 valence electrons. The van der Waals surface area contributed by atoms with Crippen molar-refractivity contribution in [3.05, 3.63) is 55.0 Å². The van der Waals surface area contributed by atoms with Gasteiger partial charge in [-0.05, 0) is 37.1 Å². The molecular formula is C20H22N6. The van der Waals surface area contributed by atoms with E-state index in [2.05, 4.69) is 15.3 Å². The second-order valence-electron chi connectivity index (χ2n) is 6.62. The van der Waals surface area contributed by atoms with E-state index >= 15 is 0 Å². The Kier molecular flexibility index (Phi) is 4.84. The molecule has 1 fully saturated rings. The van der Waals surface area contributed by atoms with Crippen LogP contribution in [0.15, 0.2) is 55.0 Å². The minimum Gasteiger partial charge on any atom is -0.366 e. The van der Waals surface area contributed by atoms with Gasteiger partial charge in [-0.2, -0.15) is 0 Å². The third-order valence-electron chi connectivity index (χ3n) is 4.73. The van der Waals surface area contributed by atoms with Crippen molar-refractivity contribution in [2.45, 2.75) is 37.8 Å². The van der Waals surface area contributed by atoms with Gasteiger partial charge in [0.25, 0.3) is 0 Å². The van der Waals surface area contributed by atoms with E-state index in [0.717, 1.165) is 35.6 Å². The third-order valence-corrected chi connectivity index (χ3v) is 4.73. The number of nitrogens with one attached hydrogen (secondary N) is 1. The normalized spacial score (nSPS) is 19.9. The Bertz CT molecular complexity index is 795. The van der Waals surface area contributed by atoms with Crippen LogP contribution in [0.5, 0.6) is 0 Å². The molecule has 26 heavy (non-hydrogen) atoms. The molecular weight excluding hydrogens is 324 g/mol. The quantitative estimate of drug-likeness (QED) is 0.753. The van der Waals surface area contributed by atoms with E-state index in [4.69, 9.17) is 15.7 Å². The summed E-state index contributed by atoms with van der Waals surface area (Å²) >= 11 is 0. The van der Waals surface area contributed by atoms with Crippen molar-refractivity contribution in [1.82, 2.24) is 19.9 Å². The first-order valence-electron chi connectivity index (χ1n) is 9.02. The van der Waals surface area contributed by atoms with Crippen LogP contribution in [0.3, 0.4) is 0 Å². The molecule has 0 amide bonds. The molecule has 2 atom stereocenters. The first-order chi connectivity index (χ1) is 12.8. The van der Waals surface area contributed by atoms with Gasteiger partial charge < -0.3 is 11.1 Å². The predicted molar refractivity (Wildman–Crippen MR) is 102 cm³/mol. The standard InChI is InChI=1S/C20H22N6/c21-15-7-1-2-8-16(15)24-19-12-18(14-6-5-10-22-13-14)25-20(26-19)17-9-3-4-11-23-17/h3-6,9-13,15-16H,1-2,7-8,21H2,(H,24,25,26)/t15-,16-/m0/s1. The largest absolute Gasteiger partial charge is 0.366 e. The van der Waals surface area contributed by atoms with Gasteiger partial charge in [-0.25, -0.2) is 9.97 Å². The number of pyridine rings is 2. The van der Waals surface area contributed by atoms with Crippen molar-refractivity contribution in [2.75, 3.05) is 5.32 Å². The Morgan fingerprint density at radius 2 is 1.88 bits per heavy atom. The van der Waals surface area contributed by atoms with Crippen LogP contribution >= 0.6 is 0 Å². The molecule has 0 spiro atoms. The molecule has 1 saturated carbocycles. The molecule has 1 aliphatic carbocycles. The van der Waals surface area contributed by atoms with Crippen molar-refractivity contribution in [3.63, 3.8) is 0 Å². The second kappa shape index (κ2) is 7.58. The maximum atomic E-state index is 6.30. The van der Waals surface area contributed by atoms with E-state index in [1.54, 1.807) is 18.6 Å². The van der Waals surface area contributed by atoms with Crippen LogP contribution in [0.2, 0.25) is 0 Å². The molecule has 1 aliphatic rings. The summed E-state index contributed by atoms with van der Waals surface area (Å²) in [6.07, 6.45) is 9.81. The van der Waals surface area contributed by atoms with Crippen LogP contribution in [0.1, 0.15) is 25.7 Å². The van der Waals surface area contributed by atoms with Gasteiger partial charge in [-0.15, -0.1) is 0 Å². The molecule has 0 unspecified atom stereocenters. The zero-order valence-electron chi connectivity index (χ0n) is 14.5. The Labute approximate surface area is 152 Å². The fraction of sp³-hybridized carbons (Fsp3) is 0.300. The number of aromatic nitrogens is 4. The van der Waals surface area contributed by atoms with Gasteiger partial charge in [0, 0.05) is 42.3 Å². The van der Waals surface area contributed by atoms with Crippen molar-refractivity contribution in [3.8, 4) is 22.8 Å². The summed E-state index contributed by atoms with van der Waals surface area (Å²) in [7, 11) is 0. The van der Waals surface area contributed by atoms with Gasteiger partial charge in [-0.1, -0.05) is 18.9 Å². The van der Waals surface area contributed by atoms with E-state index in [-0.39, 0.29) is 12.1 Å². The molecule has 0 bridgehead atoms. The number of nitrogens with two attached hydrogens (primary N) is 1. The average Bonchev–Trinajstić information content (AvgIpc) is 2.71. The SMILES string of the molecule is N[C@H]1CCCC[C@@H]1Nc1cc(-c2cccnc2)nc(-c2ccccn2)n1. The highest BCUT2D eigenvalue weighted by atomic mass is 15.1. The summed E-state index contributed by atoms with van der Waals surface area (Å²) in [6.45, 7) is 0. The van der Waals surface area contributed by atoms with E-state index in [1.807, 2.05) is 36.4 Å². The van der Waals surface area contributed by atoms with E-state index in [0.29, 0.717) is 5.82 Å². The van der Waals surface area contributed by atoms with Gasteiger partial charge in [-0.3, -0.25) is 9.97 Å². The summed E-state index contributed by atoms with van der Waals surface area (Å²) in [6, 6.07) is 12.0. The van der Waals surface area contributed by atoms with E-state index in [9.17, 15) is 0 Å². The lowest BCUT2D eigenvalue weighted by Crippen LogP contribution is -2.42. The lowest BCUT2D eigenvalue weighted by atomic mass is 9.91. The van der Waals surface area contributed by atoms with Crippen LogP contribution in [0.4, 0.5) is 5.82 Å². The molecule has 0 saturated heterocycles. The molecule has 3 aromatic rings. The predicted octanol–water partition coefficient (Wildman–Crippen LogP) is 3.28. The maximum Gasteiger partial charge on any atom is 0.180 e. The lowest BCUT2D eigenvalue weighted by molar-refractivity contribution is 0.403. The minimum atomic E-state index is 0.152. The number of anilines is 1. The smallest absolute Gasteiger partial charge is 0.180 e. The minimum absolute atomic E-state index is 0.152. The summed E-state index contributed by atoms with van der Waals surface area (Å²) in [5.74, 6) is 1.38. The fourth-order valence-electron chi connectivity index (χ4n) is 3.32. The Hall–Kier alpha value is -2.86. The van der Waals surface area contributed by atoms with Crippen LogP contribution in [-0.2, 0) is 0 Å². The topological polar surface area (TPSA) is 89.6 Å². The molecule has 3 N–H and O–H groups in total. The average molecular weight is 346 g/mol. The number of nitrogens with zero attached hydrogens (tertiary/aromatic N) is 4. The van der Waals surface area contributed by atoms with Crippen molar-refractivity contribution in [2.24, 2.45) is 5.73 Å². The molecule has 6 nitrogen and oxygen atoms in total. The Balaban J connectivity index is 1.73. The summed E-state index contributed by atoms with van der Waals surface area (Å²) in [4.78, 5) is 18.0. The maximum absolute atomic E-state index is 6.30. The monoisotopic (exact) mass is 346 g/mol. The Morgan fingerprint density at radius 1 is 0.962 bits per heavy atom. The highest BCUT2D eigenvalue weighted by Gasteiger charge is 2.22. The number of rotatable bonds is 4. The lowest BCUT2D eigenvalue weighted by Gasteiger charge is -2.29. The van der Waals surface area contributed by atoms with Crippen LogP contribution in [0, 0.1) is 0 Å². The van der Waals surface area contributed by atoms with Gasteiger partial charge in [0.15, 0.2) is 5.82 Å². The highest BCUT2D eigenvalue weighted by Crippen LogP contribution is 2.25. The molecule has 0 aliphatic heterocycles. The second-order valence-corrected chi connectivity index (χ2v) is 6.62. The molecule has 3 heterocycles. The Morgan fingerprint density at radius 3 is 2.65 bits per heavy atom. The molecule has 0 aromatic carbocycles. The van der Waals surface area contributed by atoms with Crippen molar-refractivity contribution in [1.29, 1.82) is 0 Å². The molecule has 6 heteroatoms.